The minimum absolute atomic E-state index is 0.0303. The maximum absolute atomic E-state index is 13.1. The number of H-pyrrole nitrogens is 1. The number of fused-ring (bicyclic) bond motifs is 1. The van der Waals surface area contributed by atoms with Gasteiger partial charge in [-0.15, -0.1) is 15.3 Å². The Labute approximate surface area is 168 Å². The van der Waals surface area contributed by atoms with Crippen molar-refractivity contribution in [3.8, 4) is 0 Å². The van der Waals surface area contributed by atoms with Gasteiger partial charge in [0.25, 0.3) is 11.7 Å². The topological polar surface area (TPSA) is 95.3 Å². The lowest BCUT2D eigenvalue weighted by atomic mass is 10.2. The van der Waals surface area contributed by atoms with Crippen molar-refractivity contribution < 1.29 is 18.0 Å². The molecule has 0 bridgehead atoms. The van der Waals surface area contributed by atoms with Crippen LogP contribution in [-0.2, 0) is 6.18 Å². The van der Waals surface area contributed by atoms with E-state index in [-0.39, 0.29) is 11.6 Å². The van der Waals surface area contributed by atoms with Crippen LogP contribution in [0.2, 0.25) is 0 Å². The van der Waals surface area contributed by atoms with Crippen molar-refractivity contribution in [3.05, 3.63) is 35.4 Å². The van der Waals surface area contributed by atoms with E-state index in [1.807, 2.05) is 11.0 Å². The highest BCUT2D eigenvalue weighted by Gasteiger charge is 2.38. The Kier molecular flexibility index (Phi) is 4.36. The Hall–Kier alpha value is -3.18. The first-order valence-corrected chi connectivity index (χ1v) is 9.79. The zero-order valence-electron chi connectivity index (χ0n) is 15.9. The van der Waals surface area contributed by atoms with E-state index in [1.54, 1.807) is 11.0 Å². The number of hydrogen-bond donors (Lipinski definition) is 1. The predicted octanol–water partition coefficient (Wildman–Crippen LogP) is 2.10. The van der Waals surface area contributed by atoms with E-state index in [1.165, 1.54) is 6.07 Å². The summed E-state index contributed by atoms with van der Waals surface area (Å²) in [4.78, 5) is 16.4. The minimum Gasteiger partial charge on any atom is -0.353 e. The van der Waals surface area contributed by atoms with Gasteiger partial charge in [-0.2, -0.15) is 22.8 Å². The molecule has 1 N–H and O–H groups in total. The largest absolute Gasteiger partial charge is 0.453 e. The number of aromatic nitrogens is 6. The molecule has 3 aromatic rings. The molecule has 0 atom stereocenters. The first-order valence-electron chi connectivity index (χ1n) is 9.79. The molecule has 1 aliphatic heterocycles. The van der Waals surface area contributed by atoms with Gasteiger partial charge in [-0.1, -0.05) is 0 Å². The molecule has 0 aromatic carbocycles. The van der Waals surface area contributed by atoms with E-state index in [9.17, 15) is 18.0 Å². The highest BCUT2D eigenvalue weighted by molar-refractivity contribution is 5.92. The summed E-state index contributed by atoms with van der Waals surface area (Å²) in [6.45, 7) is 2.00. The van der Waals surface area contributed by atoms with Crippen molar-refractivity contribution in [2.75, 3.05) is 31.1 Å². The van der Waals surface area contributed by atoms with Crippen molar-refractivity contribution in [3.63, 3.8) is 0 Å². The number of alkyl halides is 3. The van der Waals surface area contributed by atoms with Gasteiger partial charge in [0.05, 0.1) is 0 Å². The van der Waals surface area contributed by atoms with Gasteiger partial charge >= 0.3 is 6.18 Å². The van der Waals surface area contributed by atoms with Gasteiger partial charge in [-0.05, 0) is 37.5 Å². The molecule has 0 unspecified atom stereocenters. The van der Waals surface area contributed by atoms with Crippen LogP contribution in [-0.4, -0.2) is 67.0 Å². The normalized spacial score (nSPS) is 18.1. The second-order valence-electron chi connectivity index (χ2n) is 7.60. The van der Waals surface area contributed by atoms with Gasteiger partial charge in [-0.3, -0.25) is 9.89 Å². The molecule has 3 aromatic heterocycles. The summed E-state index contributed by atoms with van der Waals surface area (Å²) in [5, 5.41) is 17.9. The van der Waals surface area contributed by atoms with Crippen LogP contribution < -0.4 is 4.90 Å². The van der Waals surface area contributed by atoms with Crippen LogP contribution in [0, 0.1) is 0 Å². The van der Waals surface area contributed by atoms with Crippen molar-refractivity contribution in [1.82, 2.24) is 34.9 Å². The molecule has 1 amide bonds. The molecule has 2 aliphatic rings. The monoisotopic (exact) mass is 420 g/mol. The maximum Gasteiger partial charge on any atom is 0.453 e. The number of carbonyl (C=O) groups is 1. The van der Waals surface area contributed by atoms with Gasteiger partial charge in [0, 0.05) is 37.8 Å². The SMILES string of the molecule is O=C(c1cc(C2CC2)[nH]n1)N1CCCN(c2ccc3nnc(C(F)(F)F)n3n2)CC1. The lowest BCUT2D eigenvalue weighted by molar-refractivity contribution is -0.146. The standard InChI is InChI=1S/C18H19F3N8O/c19-18(20,21)17-25-24-14-4-5-15(26-29(14)17)27-6-1-7-28(9-8-27)16(30)13-10-12(22-23-13)11-2-3-11/h4-5,10-11H,1-3,6-9H2,(H,22,23). The van der Waals surface area contributed by atoms with Gasteiger partial charge in [0.1, 0.15) is 11.5 Å². The lowest BCUT2D eigenvalue weighted by Crippen LogP contribution is -2.35. The molecular weight excluding hydrogens is 401 g/mol. The van der Waals surface area contributed by atoms with E-state index in [0.29, 0.717) is 54.5 Å². The summed E-state index contributed by atoms with van der Waals surface area (Å²) in [7, 11) is 0. The maximum atomic E-state index is 13.1. The summed E-state index contributed by atoms with van der Waals surface area (Å²) in [6.07, 6.45) is -1.74. The summed E-state index contributed by atoms with van der Waals surface area (Å²) in [5.41, 5.74) is 1.44. The predicted molar refractivity (Wildman–Crippen MR) is 99.1 cm³/mol. The van der Waals surface area contributed by atoms with Crippen LogP contribution in [0.3, 0.4) is 0 Å². The molecule has 158 valence electrons. The van der Waals surface area contributed by atoms with Crippen LogP contribution >= 0.6 is 0 Å². The second kappa shape index (κ2) is 6.96. The van der Waals surface area contributed by atoms with Gasteiger partial charge in [0.15, 0.2) is 5.65 Å². The highest BCUT2D eigenvalue weighted by atomic mass is 19.4. The van der Waals surface area contributed by atoms with Gasteiger partial charge in [0.2, 0.25) is 0 Å². The van der Waals surface area contributed by atoms with Crippen LogP contribution in [0.15, 0.2) is 18.2 Å². The summed E-state index contributed by atoms with van der Waals surface area (Å²) in [6, 6.07) is 4.90. The van der Waals surface area contributed by atoms with Gasteiger partial charge < -0.3 is 9.80 Å². The Morgan fingerprint density at radius 3 is 2.70 bits per heavy atom. The van der Waals surface area contributed by atoms with Crippen LogP contribution in [0.4, 0.5) is 19.0 Å². The molecule has 4 heterocycles. The first kappa shape index (κ1) is 18.8. The number of amides is 1. The van der Waals surface area contributed by atoms with E-state index < -0.39 is 12.0 Å². The molecule has 0 spiro atoms. The van der Waals surface area contributed by atoms with Crippen molar-refractivity contribution >= 4 is 17.4 Å². The fourth-order valence-corrected chi connectivity index (χ4v) is 3.69. The Morgan fingerprint density at radius 2 is 1.93 bits per heavy atom. The number of nitrogens with zero attached hydrogens (tertiary/aromatic N) is 7. The second-order valence-corrected chi connectivity index (χ2v) is 7.60. The molecule has 0 radical (unpaired) electrons. The Balaban J connectivity index is 1.32. The number of rotatable bonds is 3. The number of aromatic amines is 1. The zero-order valence-corrected chi connectivity index (χ0v) is 15.9. The lowest BCUT2D eigenvalue weighted by Gasteiger charge is -2.22. The number of hydrogen-bond acceptors (Lipinski definition) is 6. The molecule has 9 nitrogen and oxygen atoms in total. The van der Waals surface area contributed by atoms with E-state index in [2.05, 4.69) is 25.5 Å². The molecule has 30 heavy (non-hydrogen) atoms. The zero-order chi connectivity index (χ0) is 20.9. The minimum atomic E-state index is -4.64. The first-order chi connectivity index (χ1) is 14.4. The quantitative estimate of drug-likeness (QED) is 0.697. The molecule has 2 fully saturated rings. The number of carbonyl (C=O) groups excluding carboxylic acids is 1. The fourth-order valence-electron chi connectivity index (χ4n) is 3.69. The van der Waals surface area contributed by atoms with E-state index >= 15 is 0 Å². The Morgan fingerprint density at radius 1 is 1.10 bits per heavy atom. The number of anilines is 1. The van der Waals surface area contributed by atoms with E-state index in [4.69, 9.17) is 0 Å². The van der Waals surface area contributed by atoms with Crippen LogP contribution in [0.1, 0.15) is 47.2 Å². The van der Waals surface area contributed by atoms with Crippen molar-refractivity contribution in [2.24, 2.45) is 0 Å². The molecule has 1 saturated heterocycles. The smallest absolute Gasteiger partial charge is 0.353 e. The average Bonchev–Trinajstić information content (AvgIpc) is 3.36. The third-order valence-electron chi connectivity index (χ3n) is 5.44. The molecular formula is C18H19F3N8O. The molecule has 1 saturated carbocycles. The number of halogens is 3. The van der Waals surface area contributed by atoms with Crippen LogP contribution in [0.5, 0.6) is 0 Å². The summed E-state index contributed by atoms with van der Waals surface area (Å²) >= 11 is 0. The van der Waals surface area contributed by atoms with Crippen molar-refractivity contribution in [1.29, 1.82) is 0 Å². The summed E-state index contributed by atoms with van der Waals surface area (Å²) < 4.78 is 40.1. The third kappa shape index (κ3) is 3.46. The van der Waals surface area contributed by atoms with Gasteiger partial charge in [-0.25, -0.2) is 0 Å². The average molecular weight is 420 g/mol. The molecule has 5 rings (SSSR count). The number of nitrogens with one attached hydrogen (secondary N) is 1. The highest BCUT2D eigenvalue weighted by Crippen LogP contribution is 2.39. The molecule has 1 aliphatic carbocycles. The fraction of sp³-hybridized carbons (Fsp3) is 0.500. The van der Waals surface area contributed by atoms with Crippen molar-refractivity contribution in [2.45, 2.75) is 31.4 Å². The third-order valence-corrected chi connectivity index (χ3v) is 5.44. The van der Waals surface area contributed by atoms with E-state index in [0.717, 1.165) is 18.5 Å². The summed E-state index contributed by atoms with van der Waals surface area (Å²) in [5.74, 6) is -0.422. The van der Waals surface area contributed by atoms with Crippen LogP contribution in [0.25, 0.3) is 5.65 Å². The Bertz CT molecular complexity index is 1090. The molecule has 12 heteroatoms.